The minimum atomic E-state index is -0.834. The zero-order valence-electron chi connectivity index (χ0n) is 24.8. The second-order valence-electron chi connectivity index (χ2n) is 10.7. The van der Waals surface area contributed by atoms with Gasteiger partial charge in [0.1, 0.15) is 18.4 Å². The summed E-state index contributed by atoms with van der Waals surface area (Å²) < 4.78 is 5.77. The average molecular weight is 661 g/mol. The van der Waals surface area contributed by atoms with Crippen LogP contribution in [0.1, 0.15) is 40.0 Å². The van der Waals surface area contributed by atoms with Gasteiger partial charge < -0.3 is 35.9 Å². The molecule has 0 unspecified atom stereocenters. The highest BCUT2D eigenvalue weighted by atomic mass is 35.5. The molecular weight excluding hydrogens is 621 g/mol. The Labute approximate surface area is 274 Å². The summed E-state index contributed by atoms with van der Waals surface area (Å²) >= 11 is 0. The van der Waals surface area contributed by atoms with Crippen molar-refractivity contribution in [2.45, 2.75) is 44.3 Å². The first-order valence-electron chi connectivity index (χ1n) is 14.6. The molecule has 5 N–H and O–H groups in total. The molecule has 2 bridgehead atoms. The molecule has 2 aliphatic heterocycles. The van der Waals surface area contributed by atoms with Crippen molar-refractivity contribution in [1.29, 1.82) is 0 Å². The number of amides is 4. The third kappa shape index (κ3) is 9.93. The maximum Gasteiger partial charge on any atom is 0.252 e. The predicted octanol–water partition coefficient (Wildman–Crippen LogP) is 1.54. The number of aromatic amines is 1. The van der Waals surface area contributed by atoms with Crippen molar-refractivity contribution in [3.8, 4) is 5.75 Å². The van der Waals surface area contributed by atoms with Gasteiger partial charge in [-0.25, -0.2) is 4.98 Å². The Morgan fingerprint density at radius 1 is 0.978 bits per heavy atom. The molecule has 0 spiro atoms. The van der Waals surface area contributed by atoms with E-state index in [4.69, 9.17) is 4.74 Å². The lowest BCUT2D eigenvalue weighted by Crippen LogP contribution is -2.52. The van der Waals surface area contributed by atoms with Gasteiger partial charge in [0.15, 0.2) is 0 Å². The number of ether oxygens (including phenoxy) is 1. The standard InChI is InChI=1S/C31H37N7O5.2ClH/c39-28-19-38(31(42)27-15-21-6-1-2-7-23(21)17-35-27)12-4-3-10-34-30(41)26(16-24-18-32-20-36-24)37-29(40)22-8-5-9-25(14-22)43-13-11-33-28;;/h1-2,5-9,14,18,20,26-27,35H,3-4,10-13,15-17,19H2,(H,32,36)(H,33,39)(H,34,41)(H,37,40);2*1H/t26-,27+;;/m0../s1. The minimum absolute atomic E-state index is 0. The van der Waals surface area contributed by atoms with Crippen molar-refractivity contribution in [3.63, 3.8) is 0 Å². The number of fused-ring (bicyclic) bond motifs is 3. The number of aromatic nitrogens is 2. The first-order chi connectivity index (χ1) is 21.0. The highest BCUT2D eigenvalue weighted by molar-refractivity contribution is 5.98. The number of carbonyl (C=O) groups is 4. The number of nitrogens with one attached hydrogen (secondary N) is 5. The van der Waals surface area contributed by atoms with Crippen molar-refractivity contribution in [2.75, 3.05) is 32.8 Å². The lowest BCUT2D eigenvalue weighted by atomic mass is 9.95. The molecule has 45 heavy (non-hydrogen) atoms. The molecule has 2 aromatic carbocycles. The zero-order chi connectivity index (χ0) is 30.0. The lowest BCUT2D eigenvalue weighted by Gasteiger charge is -2.31. The molecule has 3 heterocycles. The van der Waals surface area contributed by atoms with Crippen LogP contribution in [0.15, 0.2) is 61.1 Å². The van der Waals surface area contributed by atoms with E-state index < -0.39 is 18.0 Å². The first kappa shape index (κ1) is 35.4. The fourth-order valence-corrected chi connectivity index (χ4v) is 5.26. The van der Waals surface area contributed by atoms with Crippen LogP contribution in [-0.2, 0) is 33.8 Å². The molecule has 4 amide bonds. The summed E-state index contributed by atoms with van der Waals surface area (Å²) in [4.78, 5) is 61.2. The number of halogens is 2. The van der Waals surface area contributed by atoms with Crippen LogP contribution in [0.3, 0.4) is 0 Å². The molecule has 14 heteroatoms. The van der Waals surface area contributed by atoms with E-state index in [2.05, 4.69) is 31.2 Å². The Morgan fingerprint density at radius 3 is 2.60 bits per heavy atom. The van der Waals surface area contributed by atoms with E-state index in [0.717, 1.165) is 5.56 Å². The fraction of sp³-hybridized carbons (Fsp3) is 0.387. The van der Waals surface area contributed by atoms with Gasteiger partial charge in [-0.3, -0.25) is 19.2 Å². The fourth-order valence-electron chi connectivity index (χ4n) is 5.26. The maximum atomic E-state index is 13.6. The SMILES string of the molecule is Cl.Cl.O=C1CN(C(=O)[C@H]2Cc3ccccc3CN2)CCCCNC(=O)[C@H](Cc2cnc[nH]2)NC(=O)c2cccc(c2)OCCN1. The predicted molar refractivity (Wildman–Crippen MR) is 173 cm³/mol. The lowest BCUT2D eigenvalue weighted by molar-refractivity contribution is -0.138. The van der Waals surface area contributed by atoms with Gasteiger partial charge in [-0.05, 0) is 48.6 Å². The Kier molecular flexibility index (Phi) is 13.7. The molecule has 0 saturated heterocycles. The largest absolute Gasteiger partial charge is 0.492 e. The van der Waals surface area contributed by atoms with Crippen LogP contribution in [0.5, 0.6) is 5.75 Å². The molecule has 3 aromatic rings. The minimum Gasteiger partial charge on any atom is -0.492 e. The molecule has 12 nitrogen and oxygen atoms in total. The van der Waals surface area contributed by atoms with Gasteiger partial charge in [-0.1, -0.05) is 30.3 Å². The Hall–Kier alpha value is -4.13. The highest BCUT2D eigenvalue weighted by Gasteiger charge is 2.29. The van der Waals surface area contributed by atoms with E-state index in [1.165, 1.54) is 11.9 Å². The normalized spacial score (nSPS) is 19.7. The molecule has 5 rings (SSSR count). The van der Waals surface area contributed by atoms with E-state index in [9.17, 15) is 19.2 Å². The van der Waals surface area contributed by atoms with Gasteiger partial charge in [0.2, 0.25) is 17.7 Å². The van der Waals surface area contributed by atoms with E-state index in [0.29, 0.717) is 55.9 Å². The summed E-state index contributed by atoms with van der Waals surface area (Å²) in [5.74, 6) is -0.700. The van der Waals surface area contributed by atoms with Crippen molar-refractivity contribution < 1.29 is 23.9 Å². The summed E-state index contributed by atoms with van der Waals surface area (Å²) in [7, 11) is 0. The van der Waals surface area contributed by atoms with Crippen LogP contribution in [0.2, 0.25) is 0 Å². The number of carbonyl (C=O) groups excluding carboxylic acids is 4. The summed E-state index contributed by atoms with van der Waals surface area (Å²) in [6.07, 6.45) is 5.09. The third-order valence-corrected chi connectivity index (χ3v) is 7.57. The molecule has 0 saturated carbocycles. The van der Waals surface area contributed by atoms with Crippen molar-refractivity contribution >= 4 is 48.4 Å². The maximum absolute atomic E-state index is 13.6. The zero-order valence-corrected chi connectivity index (χ0v) is 26.4. The van der Waals surface area contributed by atoms with Gasteiger partial charge in [-0.2, -0.15) is 0 Å². The molecule has 2 atom stereocenters. The summed E-state index contributed by atoms with van der Waals surface area (Å²) in [6, 6.07) is 13.4. The topological polar surface area (TPSA) is 158 Å². The number of hydrogen-bond acceptors (Lipinski definition) is 7. The monoisotopic (exact) mass is 659 g/mol. The Balaban J connectivity index is 0.00000276. The van der Waals surface area contributed by atoms with Crippen LogP contribution in [0.4, 0.5) is 0 Å². The van der Waals surface area contributed by atoms with Crippen LogP contribution >= 0.6 is 24.8 Å². The van der Waals surface area contributed by atoms with Crippen molar-refractivity contribution in [3.05, 3.63) is 83.4 Å². The summed E-state index contributed by atoms with van der Waals surface area (Å²) in [6.45, 7) is 1.63. The Bertz CT molecular complexity index is 1440. The average Bonchev–Trinajstić information content (AvgIpc) is 3.54. The highest BCUT2D eigenvalue weighted by Crippen LogP contribution is 2.18. The molecule has 2 aliphatic rings. The van der Waals surface area contributed by atoms with Gasteiger partial charge in [-0.15, -0.1) is 24.8 Å². The number of benzene rings is 2. The van der Waals surface area contributed by atoms with Gasteiger partial charge in [0.25, 0.3) is 5.91 Å². The van der Waals surface area contributed by atoms with Gasteiger partial charge in [0.05, 0.1) is 25.5 Å². The van der Waals surface area contributed by atoms with Gasteiger partial charge in [0, 0.05) is 43.5 Å². The van der Waals surface area contributed by atoms with E-state index in [-0.39, 0.29) is 68.7 Å². The number of rotatable bonds is 3. The number of hydrogen-bond donors (Lipinski definition) is 5. The summed E-state index contributed by atoms with van der Waals surface area (Å²) in [5, 5.41) is 11.9. The first-order valence-corrected chi connectivity index (χ1v) is 14.6. The van der Waals surface area contributed by atoms with Crippen molar-refractivity contribution in [1.82, 2.24) is 36.1 Å². The second-order valence-corrected chi connectivity index (χ2v) is 10.7. The van der Waals surface area contributed by atoms with Crippen LogP contribution in [0, 0.1) is 0 Å². The molecule has 242 valence electrons. The van der Waals surface area contributed by atoms with Crippen LogP contribution in [-0.4, -0.2) is 83.4 Å². The second kappa shape index (κ2) is 17.4. The van der Waals surface area contributed by atoms with Crippen LogP contribution < -0.4 is 26.0 Å². The molecule has 0 aliphatic carbocycles. The third-order valence-electron chi connectivity index (χ3n) is 7.57. The van der Waals surface area contributed by atoms with E-state index in [1.807, 2.05) is 24.3 Å². The smallest absolute Gasteiger partial charge is 0.252 e. The van der Waals surface area contributed by atoms with Crippen LogP contribution in [0.25, 0.3) is 0 Å². The van der Waals surface area contributed by atoms with Gasteiger partial charge >= 0.3 is 0 Å². The van der Waals surface area contributed by atoms with E-state index >= 15 is 0 Å². The number of H-pyrrole nitrogens is 1. The molecular formula is C31H39Cl2N7O5. The molecule has 0 radical (unpaired) electrons. The number of imidazole rings is 1. The quantitative estimate of drug-likeness (QED) is 0.285. The van der Waals surface area contributed by atoms with E-state index in [1.54, 1.807) is 35.4 Å². The molecule has 1 aromatic heterocycles. The number of nitrogens with zero attached hydrogens (tertiary/aromatic N) is 2. The molecule has 0 fully saturated rings. The Morgan fingerprint density at radius 2 is 1.80 bits per heavy atom. The summed E-state index contributed by atoms with van der Waals surface area (Å²) in [5.41, 5.74) is 3.35. The van der Waals surface area contributed by atoms with Crippen molar-refractivity contribution in [2.24, 2.45) is 0 Å².